The van der Waals surface area contributed by atoms with Crippen LogP contribution >= 0.6 is 11.6 Å². The average molecular weight is 289 g/mol. The fourth-order valence-electron chi connectivity index (χ4n) is 1.39. The molecular formula is C13H9ClN4O2. The number of hydrogen-bond acceptors (Lipinski definition) is 5. The van der Waals surface area contributed by atoms with E-state index in [0.29, 0.717) is 16.5 Å². The molecule has 1 N–H and O–H groups in total. The molecule has 6 nitrogen and oxygen atoms in total. The predicted molar refractivity (Wildman–Crippen MR) is 74.7 cm³/mol. The third kappa shape index (κ3) is 3.22. The van der Waals surface area contributed by atoms with Crippen molar-refractivity contribution in [2.75, 3.05) is 5.43 Å². The summed E-state index contributed by atoms with van der Waals surface area (Å²) in [6.45, 7) is 8.66. The highest BCUT2D eigenvalue weighted by atomic mass is 35.5. The highest BCUT2D eigenvalue weighted by Crippen LogP contribution is 2.15. The summed E-state index contributed by atoms with van der Waals surface area (Å²) in [6.07, 6.45) is 0. The quantitative estimate of drug-likeness (QED) is 0.308. The number of carbonyl (C=O) groups is 1. The van der Waals surface area contributed by atoms with Crippen LogP contribution in [0.25, 0.3) is 4.85 Å². The van der Waals surface area contributed by atoms with Crippen LogP contribution in [-0.4, -0.2) is 16.8 Å². The Morgan fingerprint density at radius 3 is 2.90 bits per heavy atom. The Balaban J connectivity index is 2.18. The second kappa shape index (κ2) is 5.99. The van der Waals surface area contributed by atoms with Gasteiger partial charge in [0.05, 0.1) is 5.69 Å². The number of halogens is 1. The van der Waals surface area contributed by atoms with Crippen LogP contribution in [0.4, 0.5) is 5.69 Å². The minimum atomic E-state index is -0.605. The van der Waals surface area contributed by atoms with Crippen molar-refractivity contribution in [2.45, 2.75) is 6.92 Å². The van der Waals surface area contributed by atoms with E-state index in [1.165, 1.54) is 6.07 Å². The number of nitrogens with zero attached hydrogens (tertiary/aromatic N) is 3. The molecule has 0 aliphatic carbocycles. The van der Waals surface area contributed by atoms with Gasteiger partial charge >= 0.3 is 5.84 Å². The number of hydrazone groups is 1. The van der Waals surface area contributed by atoms with Crippen LogP contribution < -0.4 is 5.43 Å². The van der Waals surface area contributed by atoms with Crippen molar-refractivity contribution >= 4 is 28.9 Å². The molecule has 0 atom stereocenters. The molecule has 1 aromatic heterocycles. The van der Waals surface area contributed by atoms with E-state index in [2.05, 4.69) is 20.5 Å². The molecule has 2 aromatic rings. The van der Waals surface area contributed by atoms with E-state index in [1.807, 2.05) is 0 Å². The molecule has 0 radical (unpaired) electrons. The van der Waals surface area contributed by atoms with E-state index in [4.69, 9.17) is 22.7 Å². The Kier molecular flexibility index (Phi) is 4.13. The Morgan fingerprint density at radius 1 is 1.50 bits per heavy atom. The zero-order valence-corrected chi connectivity index (χ0v) is 11.2. The Labute approximate surface area is 119 Å². The van der Waals surface area contributed by atoms with Gasteiger partial charge in [0, 0.05) is 11.1 Å². The number of Topliss-reactive ketones (excluding diaryl/α,β-unsaturated/α-hetero) is 1. The van der Waals surface area contributed by atoms with Gasteiger partial charge in [-0.15, -0.1) is 0 Å². The number of aryl methyl sites for hydroxylation is 1. The summed E-state index contributed by atoms with van der Waals surface area (Å²) in [6, 6.07) is 8.21. The molecule has 1 heterocycles. The summed E-state index contributed by atoms with van der Waals surface area (Å²) >= 11 is 5.82. The first-order chi connectivity index (χ1) is 9.60. The van der Waals surface area contributed by atoms with E-state index >= 15 is 0 Å². The number of ketones is 1. The second-order valence-electron chi connectivity index (χ2n) is 3.82. The normalized spacial score (nSPS) is 10.9. The number of aromatic nitrogens is 1. The topological polar surface area (TPSA) is 71.8 Å². The second-order valence-corrected chi connectivity index (χ2v) is 4.26. The largest absolute Gasteiger partial charge is 0.361 e. The van der Waals surface area contributed by atoms with E-state index < -0.39 is 5.78 Å². The summed E-state index contributed by atoms with van der Waals surface area (Å²) < 4.78 is 4.79. The van der Waals surface area contributed by atoms with Gasteiger partial charge < -0.3 is 9.37 Å². The molecule has 0 amide bonds. The fraction of sp³-hybridized carbons (Fsp3) is 0.0769. The molecule has 7 heteroatoms. The van der Waals surface area contributed by atoms with Crippen molar-refractivity contribution in [1.82, 2.24) is 5.16 Å². The van der Waals surface area contributed by atoms with Crippen LogP contribution in [0.3, 0.4) is 0 Å². The van der Waals surface area contributed by atoms with E-state index in [0.717, 1.165) is 0 Å². The van der Waals surface area contributed by atoms with Gasteiger partial charge in [-0.1, -0.05) is 29.4 Å². The fourth-order valence-corrected chi connectivity index (χ4v) is 1.58. The van der Waals surface area contributed by atoms with Crippen molar-refractivity contribution < 1.29 is 9.32 Å². The first kappa shape index (κ1) is 13.8. The van der Waals surface area contributed by atoms with Gasteiger partial charge in [0.25, 0.3) is 0 Å². The number of amidine groups is 1. The summed E-state index contributed by atoms with van der Waals surface area (Å²) in [5.41, 5.74) is 3.22. The minimum absolute atomic E-state index is 0.0464. The average Bonchev–Trinajstić information content (AvgIpc) is 2.86. The lowest BCUT2D eigenvalue weighted by Gasteiger charge is -1.97. The van der Waals surface area contributed by atoms with Crippen LogP contribution in [0.1, 0.15) is 16.2 Å². The molecule has 100 valence electrons. The molecule has 2 rings (SSSR count). The Bertz CT molecular complexity index is 715. The predicted octanol–water partition coefficient (Wildman–Crippen LogP) is 3.16. The number of benzene rings is 1. The molecule has 0 aliphatic heterocycles. The molecule has 0 fully saturated rings. The molecule has 20 heavy (non-hydrogen) atoms. The molecule has 0 bridgehead atoms. The molecule has 0 spiro atoms. The molecule has 0 saturated heterocycles. The first-order valence-corrected chi connectivity index (χ1v) is 5.92. The third-order valence-electron chi connectivity index (χ3n) is 2.29. The van der Waals surface area contributed by atoms with Gasteiger partial charge in [-0.05, 0) is 30.2 Å². The van der Waals surface area contributed by atoms with Gasteiger partial charge in [-0.25, -0.2) is 5.43 Å². The van der Waals surface area contributed by atoms with Crippen molar-refractivity contribution in [3.05, 3.63) is 58.2 Å². The molecule has 0 aliphatic rings. The van der Waals surface area contributed by atoms with Crippen LogP contribution in [0.2, 0.25) is 5.02 Å². The Morgan fingerprint density at radius 2 is 2.30 bits per heavy atom. The SMILES string of the molecule is [C-]#[N+]/C(=N/Nc1cccc(Cl)c1)C(=O)c1cc(C)on1. The van der Waals surface area contributed by atoms with Crippen LogP contribution in [0, 0.1) is 13.5 Å². The maximum Gasteiger partial charge on any atom is 0.343 e. The molecule has 1 aromatic carbocycles. The zero-order valence-electron chi connectivity index (χ0n) is 10.4. The van der Waals surface area contributed by atoms with Crippen LogP contribution in [-0.2, 0) is 0 Å². The number of anilines is 1. The smallest absolute Gasteiger partial charge is 0.343 e. The zero-order chi connectivity index (χ0) is 14.5. The molecule has 0 unspecified atom stereocenters. The summed E-state index contributed by atoms with van der Waals surface area (Å²) in [5.74, 6) is -0.454. The van der Waals surface area contributed by atoms with Gasteiger partial charge in [0.2, 0.25) is 5.78 Å². The maximum atomic E-state index is 11.9. The Hall–Kier alpha value is -2.65. The van der Waals surface area contributed by atoms with Crippen LogP contribution in [0.5, 0.6) is 0 Å². The van der Waals surface area contributed by atoms with Crippen molar-refractivity contribution in [3.8, 4) is 0 Å². The van der Waals surface area contributed by atoms with Gasteiger partial charge in [0.1, 0.15) is 11.5 Å². The van der Waals surface area contributed by atoms with Gasteiger partial charge in [-0.3, -0.25) is 4.79 Å². The monoisotopic (exact) mass is 288 g/mol. The van der Waals surface area contributed by atoms with Crippen molar-refractivity contribution in [2.24, 2.45) is 5.10 Å². The number of carbonyl (C=O) groups excluding carboxylic acids is 1. The third-order valence-corrected chi connectivity index (χ3v) is 2.52. The van der Waals surface area contributed by atoms with Gasteiger partial charge in [-0.2, -0.15) is 0 Å². The van der Waals surface area contributed by atoms with E-state index in [9.17, 15) is 4.79 Å². The maximum absolute atomic E-state index is 11.9. The van der Waals surface area contributed by atoms with Crippen LogP contribution in [0.15, 0.2) is 40.0 Å². The summed E-state index contributed by atoms with van der Waals surface area (Å²) in [7, 11) is 0. The van der Waals surface area contributed by atoms with Crippen molar-refractivity contribution in [3.63, 3.8) is 0 Å². The van der Waals surface area contributed by atoms with Gasteiger partial charge in [0.15, 0.2) is 0 Å². The first-order valence-electron chi connectivity index (χ1n) is 5.55. The lowest BCUT2D eigenvalue weighted by molar-refractivity contribution is 0.105. The highest BCUT2D eigenvalue weighted by Gasteiger charge is 2.18. The lowest BCUT2D eigenvalue weighted by atomic mass is 10.2. The molecule has 0 saturated carbocycles. The molecular weight excluding hydrogens is 280 g/mol. The summed E-state index contributed by atoms with van der Waals surface area (Å²) in [5, 5.41) is 7.84. The number of nitrogens with one attached hydrogen (secondary N) is 1. The van der Waals surface area contributed by atoms with Crippen molar-refractivity contribution in [1.29, 1.82) is 0 Å². The standard InChI is InChI=1S/C13H9ClN4O2/c1-8-6-11(18-20-8)12(19)13(15-2)17-16-10-5-3-4-9(14)7-10/h3-7,16H,1H3/b17-13+. The van der Waals surface area contributed by atoms with E-state index in [-0.39, 0.29) is 11.5 Å². The lowest BCUT2D eigenvalue weighted by Crippen LogP contribution is -2.12. The summed E-state index contributed by atoms with van der Waals surface area (Å²) in [4.78, 5) is 15.0. The highest BCUT2D eigenvalue weighted by molar-refractivity contribution is 6.48. The number of hydrogen-bond donors (Lipinski definition) is 1. The number of rotatable bonds is 4. The van der Waals surface area contributed by atoms with E-state index in [1.54, 1.807) is 31.2 Å². The minimum Gasteiger partial charge on any atom is -0.361 e.